The van der Waals surface area contributed by atoms with Crippen LogP contribution in [0.1, 0.15) is 38.4 Å². The Hall–Kier alpha value is -1.53. The second-order valence-corrected chi connectivity index (χ2v) is 6.30. The van der Waals surface area contributed by atoms with E-state index in [-0.39, 0.29) is 11.4 Å². The molecule has 21 heavy (non-hydrogen) atoms. The predicted molar refractivity (Wildman–Crippen MR) is 77.0 cm³/mol. The lowest BCUT2D eigenvalue weighted by Gasteiger charge is -2.30. The molecule has 0 unspecified atom stereocenters. The van der Waals surface area contributed by atoms with Gasteiger partial charge < -0.3 is 15.7 Å². The van der Waals surface area contributed by atoms with Gasteiger partial charge in [-0.1, -0.05) is 0 Å². The summed E-state index contributed by atoms with van der Waals surface area (Å²) in [5.74, 6) is -0.0454. The third-order valence-electron chi connectivity index (χ3n) is 3.75. The van der Waals surface area contributed by atoms with Gasteiger partial charge in [-0.15, -0.1) is 0 Å². The number of aliphatic hydroxyl groups is 1. The number of halogens is 1. The molecule has 0 saturated carbocycles. The standard InChI is InChI=1S/C15H22FN3O2/c1-15(2,5-10-3-14(21)18-6-10)19-9-13(20)11-4-12(16)8-17-7-11/h4,7-8,10,13,19-20H,3,5-6,9H2,1-2H3,(H,18,21)/t10-,13+/m1/s1. The Morgan fingerprint density at radius 2 is 2.33 bits per heavy atom. The molecule has 1 aromatic heterocycles. The van der Waals surface area contributed by atoms with E-state index in [4.69, 9.17) is 0 Å². The summed E-state index contributed by atoms with van der Waals surface area (Å²) in [7, 11) is 0. The van der Waals surface area contributed by atoms with E-state index in [2.05, 4.69) is 15.6 Å². The van der Waals surface area contributed by atoms with Crippen LogP contribution >= 0.6 is 0 Å². The fourth-order valence-electron chi connectivity index (χ4n) is 2.70. The molecule has 5 nitrogen and oxygen atoms in total. The number of β-amino-alcohol motifs (C(OH)–C–C–N with tert-alkyl or cyclic N) is 1. The summed E-state index contributed by atoms with van der Waals surface area (Å²) < 4.78 is 13.1. The molecule has 1 aliphatic heterocycles. The summed E-state index contributed by atoms with van der Waals surface area (Å²) in [6.45, 7) is 5.09. The van der Waals surface area contributed by atoms with E-state index in [0.29, 0.717) is 31.0 Å². The van der Waals surface area contributed by atoms with Crippen molar-refractivity contribution in [3.63, 3.8) is 0 Å². The third-order valence-corrected chi connectivity index (χ3v) is 3.75. The molecule has 6 heteroatoms. The van der Waals surface area contributed by atoms with Crippen LogP contribution in [0, 0.1) is 11.7 Å². The average molecular weight is 295 g/mol. The van der Waals surface area contributed by atoms with Crippen molar-refractivity contribution in [1.82, 2.24) is 15.6 Å². The second kappa shape index (κ2) is 6.49. The first-order chi connectivity index (χ1) is 9.85. The van der Waals surface area contributed by atoms with Crippen LogP contribution in [-0.2, 0) is 4.79 Å². The first-order valence-electron chi connectivity index (χ1n) is 7.16. The molecule has 0 aliphatic carbocycles. The molecule has 3 N–H and O–H groups in total. The van der Waals surface area contributed by atoms with Crippen LogP contribution in [0.25, 0.3) is 0 Å². The van der Waals surface area contributed by atoms with Gasteiger partial charge in [-0.2, -0.15) is 0 Å². The lowest BCUT2D eigenvalue weighted by atomic mass is 9.89. The highest BCUT2D eigenvalue weighted by molar-refractivity contribution is 5.78. The topological polar surface area (TPSA) is 74.2 Å². The highest BCUT2D eigenvalue weighted by atomic mass is 19.1. The minimum absolute atomic E-state index is 0.0988. The van der Waals surface area contributed by atoms with Gasteiger partial charge in [0.1, 0.15) is 5.82 Å². The minimum Gasteiger partial charge on any atom is -0.387 e. The molecule has 1 saturated heterocycles. The SMILES string of the molecule is CC(C)(C[C@@H]1CNC(=O)C1)NC[C@H](O)c1cncc(F)c1. The van der Waals surface area contributed by atoms with Crippen LogP contribution in [0.4, 0.5) is 4.39 Å². The van der Waals surface area contributed by atoms with Crippen molar-refractivity contribution >= 4 is 5.91 Å². The van der Waals surface area contributed by atoms with Crippen LogP contribution in [0.3, 0.4) is 0 Å². The molecule has 1 aromatic rings. The lowest BCUT2D eigenvalue weighted by Crippen LogP contribution is -2.43. The first-order valence-corrected chi connectivity index (χ1v) is 7.16. The number of carbonyl (C=O) groups excluding carboxylic acids is 1. The zero-order chi connectivity index (χ0) is 15.5. The molecule has 0 aromatic carbocycles. The number of hydrogen-bond donors (Lipinski definition) is 3. The number of nitrogens with zero attached hydrogens (tertiary/aromatic N) is 1. The summed E-state index contributed by atoms with van der Waals surface area (Å²) in [6.07, 6.45) is 3.15. The van der Waals surface area contributed by atoms with E-state index >= 15 is 0 Å². The van der Waals surface area contributed by atoms with Crippen molar-refractivity contribution in [1.29, 1.82) is 0 Å². The number of aromatic nitrogens is 1. The quantitative estimate of drug-likeness (QED) is 0.736. The molecular formula is C15H22FN3O2. The van der Waals surface area contributed by atoms with Gasteiger partial charge in [-0.3, -0.25) is 9.78 Å². The molecule has 2 atom stereocenters. The first kappa shape index (κ1) is 15.9. The lowest BCUT2D eigenvalue weighted by molar-refractivity contribution is -0.119. The Morgan fingerprint density at radius 3 is 2.95 bits per heavy atom. The molecule has 0 bridgehead atoms. The second-order valence-electron chi connectivity index (χ2n) is 6.30. The summed E-state index contributed by atoms with van der Waals surface area (Å²) in [6, 6.07) is 1.28. The molecule has 1 aliphatic rings. The molecule has 1 fully saturated rings. The Morgan fingerprint density at radius 1 is 1.57 bits per heavy atom. The van der Waals surface area contributed by atoms with Gasteiger partial charge in [0.25, 0.3) is 0 Å². The van der Waals surface area contributed by atoms with Gasteiger partial charge >= 0.3 is 0 Å². The van der Waals surface area contributed by atoms with Crippen LogP contribution < -0.4 is 10.6 Å². The summed E-state index contributed by atoms with van der Waals surface area (Å²) in [4.78, 5) is 14.9. The van der Waals surface area contributed by atoms with Crippen molar-refractivity contribution in [3.05, 3.63) is 29.8 Å². The van der Waals surface area contributed by atoms with Gasteiger partial charge in [-0.25, -0.2) is 4.39 Å². The number of rotatable bonds is 6. The number of hydrogen-bond acceptors (Lipinski definition) is 4. The maximum absolute atomic E-state index is 13.1. The monoisotopic (exact) mass is 295 g/mol. The fraction of sp³-hybridized carbons (Fsp3) is 0.600. The number of amides is 1. The van der Waals surface area contributed by atoms with E-state index in [9.17, 15) is 14.3 Å². The Kier molecular flexibility index (Phi) is 4.90. The van der Waals surface area contributed by atoms with Crippen LogP contribution in [0.2, 0.25) is 0 Å². The zero-order valence-electron chi connectivity index (χ0n) is 12.4. The number of nitrogens with one attached hydrogen (secondary N) is 2. The van der Waals surface area contributed by atoms with Crippen LogP contribution in [0.5, 0.6) is 0 Å². The number of carbonyl (C=O) groups is 1. The largest absolute Gasteiger partial charge is 0.387 e. The van der Waals surface area contributed by atoms with Gasteiger partial charge in [0.05, 0.1) is 12.3 Å². The van der Waals surface area contributed by atoms with Crippen LogP contribution in [0.15, 0.2) is 18.5 Å². The molecule has 0 spiro atoms. The minimum atomic E-state index is -0.809. The zero-order valence-corrected chi connectivity index (χ0v) is 12.4. The Bertz CT molecular complexity index is 507. The van der Waals surface area contributed by atoms with Gasteiger partial charge in [0.2, 0.25) is 5.91 Å². The van der Waals surface area contributed by atoms with Crippen molar-refractivity contribution in [3.8, 4) is 0 Å². The number of aliphatic hydroxyl groups excluding tert-OH is 1. The maximum Gasteiger partial charge on any atom is 0.220 e. The van der Waals surface area contributed by atoms with Gasteiger partial charge in [0, 0.05) is 36.8 Å². The van der Waals surface area contributed by atoms with E-state index in [0.717, 1.165) is 12.6 Å². The van der Waals surface area contributed by atoms with Crippen molar-refractivity contribution in [2.24, 2.45) is 5.92 Å². The Balaban J connectivity index is 1.84. The van der Waals surface area contributed by atoms with Crippen LogP contribution in [-0.4, -0.2) is 34.6 Å². The molecule has 2 heterocycles. The summed E-state index contributed by atoms with van der Waals surface area (Å²) >= 11 is 0. The fourth-order valence-corrected chi connectivity index (χ4v) is 2.70. The molecular weight excluding hydrogens is 273 g/mol. The summed E-state index contributed by atoms with van der Waals surface area (Å²) in [5, 5.41) is 16.2. The van der Waals surface area contributed by atoms with Gasteiger partial charge in [0.15, 0.2) is 0 Å². The highest BCUT2D eigenvalue weighted by Crippen LogP contribution is 2.22. The van der Waals surface area contributed by atoms with E-state index < -0.39 is 11.9 Å². The third kappa shape index (κ3) is 4.75. The van der Waals surface area contributed by atoms with Gasteiger partial charge in [-0.05, 0) is 32.3 Å². The molecule has 0 radical (unpaired) electrons. The summed E-state index contributed by atoms with van der Waals surface area (Å²) in [5.41, 5.74) is 0.245. The van der Waals surface area contributed by atoms with E-state index in [1.54, 1.807) is 0 Å². The molecule has 1 amide bonds. The number of pyridine rings is 1. The Labute approximate surface area is 124 Å². The highest BCUT2D eigenvalue weighted by Gasteiger charge is 2.29. The van der Waals surface area contributed by atoms with Crippen molar-refractivity contribution < 1.29 is 14.3 Å². The van der Waals surface area contributed by atoms with Crippen molar-refractivity contribution in [2.45, 2.75) is 38.3 Å². The van der Waals surface area contributed by atoms with E-state index in [1.165, 1.54) is 12.3 Å². The van der Waals surface area contributed by atoms with Crippen molar-refractivity contribution in [2.75, 3.05) is 13.1 Å². The molecule has 2 rings (SSSR count). The maximum atomic E-state index is 13.1. The predicted octanol–water partition coefficient (Wildman–Crippen LogP) is 1.15. The average Bonchev–Trinajstić information content (AvgIpc) is 2.80. The molecule has 116 valence electrons. The van der Waals surface area contributed by atoms with E-state index in [1.807, 2.05) is 13.8 Å². The smallest absolute Gasteiger partial charge is 0.220 e. The normalized spacial score (nSPS) is 20.4.